The third kappa shape index (κ3) is 3.03. The summed E-state index contributed by atoms with van der Waals surface area (Å²) in [6.07, 6.45) is 1.46. The predicted molar refractivity (Wildman–Crippen MR) is 77.1 cm³/mol. The van der Waals surface area contributed by atoms with Crippen molar-refractivity contribution in [1.82, 2.24) is 10.3 Å². The van der Waals surface area contributed by atoms with Gasteiger partial charge in [-0.05, 0) is 24.6 Å². The van der Waals surface area contributed by atoms with E-state index in [1.807, 2.05) is 31.2 Å². The molecular formula is C14H14ClN3O. The summed E-state index contributed by atoms with van der Waals surface area (Å²) in [5.41, 5.74) is 3.09. The molecule has 0 atom stereocenters. The molecule has 1 aromatic carbocycles. The topological polar surface area (TPSA) is 54.0 Å². The third-order valence-corrected chi connectivity index (χ3v) is 2.96. The smallest absolute Gasteiger partial charge is 0.254 e. The molecule has 5 heteroatoms. The Morgan fingerprint density at radius 2 is 2.00 bits per heavy atom. The van der Waals surface area contributed by atoms with E-state index in [1.165, 1.54) is 6.20 Å². The first-order chi connectivity index (χ1) is 9.11. The van der Waals surface area contributed by atoms with E-state index >= 15 is 0 Å². The highest BCUT2D eigenvalue weighted by Gasteiger charge is 2.12. The van der Waals surface area contributed by atoms with Crippen molar-refractivity contribution in [3.63, 3.8) is 0 Å². The number of rotatable bonds is 3. The lowest BCUT2D eigenvalue weighted by atomic mass is 10.1. The molecule has 1 aromatic heterocycles. The molecule has 0 fully saturated rings. The lowest BCUT2D eigenvalue weighted by molar-refractivity contribution is 0.0963. The summed E-state index contributed by atoms with van der Waals surface area (Å²) in [4.78, 5) is 15.7. The maximum atomic E-state index is 11.8. The highest BCUT2D eigenvalue weighted by atomic mass is 35.5. The number of para-hydroxylation sites is 1. The molecule has 0 saturated heterocycles. The Labute approximate surface area is 116 Å². The molecule has 0 radical (unpaired) electrons. The average Bonchev–Trinajstić information content (AvgIpc) is 2.41. The quantitative estimate of drug-likeness (QED) is 0.846. The number of carbonyl (C=O) groups excluding carboxylic acids is 1. The van der Waals surface area contributed by atoms with E-state index in [0.717, 1.165) is 11.3 Å². The molecule has 0 spiro atoms. The molecule has 19 heavy (non-hydrogen) atoms. The van der Waals surface area contributed by atoms with Gasteiger partial charge in [0.1, 0.15) is 5.15 Å². The normalized spacial score (nSPS) is 10.1. The summed E-state index contributed by atoms with van der Waals surface area (Å²) < 4.78 is 0. The van der Waals surface area contributed by atoms with Crippen LogP contribution in [0.25, 0.3) is 0 Å². The molecule has 1 amide bonds. The van der Waals surface area contributed by atoms with E-state index in [9.17, 15) is 4.79 Å². The van der Waals surface area contributed by atoms with E-state index < -0.39 is 0 Å². The van der Waals surface area contributed by atoms with Crippen LogP contribution in [0.2, 0.25) is 5.15 Å². The molecule has 0 aliphatic rings. The van der Waals surface area contributed by atoms with Crippen molar-refractivity contribution in [3.05, 3.63) is 52.8 Å². The number of hydrogen-bond acceptors (Lipinski definition) is 3. The largest absolute Gasteiger partial charge is 0.355 e. The Balaban J connectivity index is 2.41. The Morgan fingerprint density at radius 3 is 2.68 bits per heavy atom. The van der Waals surface area contributed by atoms with Crippen LogP contribution in [0.1, 0.15) is 15.9 Å². The van der Waals surface area contributed by atoms with Crippen molar-refractivity contribution in [2.24, 2.45) is 0 Å². The standard InChI is InChI=1S/C14H14ClN3O/c1-9-5-3-4-6-11(9)18-12-7-13(15)17-8-10(12)14(19)16-2/h3-8H,1-2H3,(H,16,19)(H,17,18). The van der Waals surface area contributed by atoms with E-state index in [1.54, 1.807) is 13.1 Å². The summed E-state index contributed by atoms with van der Waals surface area (Å²) in [6, 6.07) is 9.46. The Morgan fingerprint density at radius 1 is 1.26 bits per heavy atom. The first kappa shape index (κ1) is 13.4. The molecule has 0 aliphatic carbocycles. The number of halogens is 1. The first-order valence-electron chi connectivity index (χ1n) is 5.82. The number of benzene rings is 1. The van der Waals surface area contributed by atoms with Gasteiger partial charge in [-0.3, -0.25) is 4.79 Å². The zero-order valence-corrected chi connectivity index (χ0v) is 11.5. The van der Waals surface area contributed by atoms with Crippen LogP contribution >= 0.6 is 11.6 Å². The van der Waals surface area contributed by atoms with Gasteiger partial charge in [-0.2, -0.15) is 0 Å². The minimum absolute atomic E-state index is 0.208. The van der Waals surface area contributed by atoms with Gasteiger partial charge in [-0.25, -0.2) is 4.98 Å². The number of aryl methyl sites for hydroxylation is 1. The summed E-state index contributed by atoms with van der Waals surface area (Å²) in [5.74, 6) is -0.208. The zero-order chi connectivity index (χ0) is 13.8. The van der Waals surface area contributed by atoms with Gasteiger partial charge in [-0.1, -0.05) is 29.8 Å². The zero-order valence-electron chi connectivity index (χ0n) is 10.7. The van der Waals surface area contributed by atoms with Crippen LogP contribution in [0.4, 0.5) is 11.4 Å². The van der Waals surface area contributed by atoms with Gasteiger partial charge in [0.2, 0.25) is 0 Å². The van der Waals surface area contributed by atoms with Crippen LogP contribution in [0.15, 0.2) is 36.5 Å². The van der Waals surface area contributed by atoms with Crippen LogP contribution < -0.4 is 10.6 Å². The summed E-state index contributed by atoms with van der Waals surface area (Å²) in [7, 11) is 1.58. The number of aromatic nitrogens is 1. The Bertz CT molecular complexity index is 613. The number of anilines is 2. The van der Waals surface area contributed by atoms with Crippen LogP contribution in [0, 0.1) is 6.92 Å². The number of nitrogens with zero attached hydrogens (tertiary/aromatic N) is 1. The monoisotopic (exact) mass is 275 g/mol. The van der Waals surface area contributed by atoms with Crippen molar-refractivity contribution in [1.29, 1.82) is 0 Å². The van der Waals surface area contributed by atoms with Gasteiger partial charge in [0.25, 0.3) is 5.91 Å². The van der Waals surface area contributed by atoms with Crippen molar-refractivity contribution >= 4 is 28.9 Å². The molecule has 2 N–H and O–H groups in total. The Hall–Kier alpha value is -2.07. The second kappa shape index (κ2) is 5.71. The van der Waals surface area contributed by atoms with Crippen molar-refractivity contribution in [2.45, 2.75) is 6.92 Å². The minimum Gasteiger partial charge on any atom is -0.355 e. The molecule has 0 aliphatic heterocycles. The van der Waals surface area contributed by atoms with E-state index in [2.05, 4.69) is 15.6 Å². The summed E-state index contributed by atoms with van der Waals surface area (Å²) >= 11 is 5.89. The lowest BCUT2D eigenvalue weighted by Crippen LogP contribution is -2.19. The summed E-state index contributed by atoms with van der Waals surface area (Å²) in [6.45, 7) is 1.99. The average molecular weight is 276 g/mol. The highest BCUT2D eigenvalue weighted by molar-refractivity contribution is 6.29. The van der Waals surface area contributed by atoms with E-state index in [4.69, 9.17) is 11.6 Å². The predicted octanol–water partition coefficient (Wildman–Crippen LogP) is 3.15. The SMILES string of the molecule is CNC(=O)c1cnc(Cl)cc1Nc1ccccc1C. The molecule has 2 rings (SSSR count). The molecular weight excluding hydrogens is 262 g/mol. The highest BCUT2D eigenvalue weighted by Crippen LogP contribution is 2.25. The van der Waals surface area contributed by atoms with E-state index in [-0.39, 0.29) is 5.91 Å². The maximum absolute atomic E-state index is 11.8. The van der Waals surface area contributed by atoms with Gasteiger partial charge in [0.05, 0.1) is 11.3 Å². The fourth-order valence-electron chi connectivity index (χ4n) is 1.71. The van der Waals surface area contributed by atoms with Crippen molar-refractivity contribution in [3.8, 4) is 0 Å². The lowest BCUT2D eigenvalue weighted by Gasteiger charge is -2.13. The molecule has 0 saturated carbocycles. The van der Waals surface area contributed by atoms with Gasteiger partial charge < -0.3 is 10.6 Å². The first-order valence-corrected chi connectivity index (χ1v) is 6.20. The fraction of sp³-hybridized carbons (Fsp3) is 0.143. The molecule has 0 unspecified atom stereocenters. The minimum atomic E-state index is -0.208. The van der Waals surface area contributed by atoms with Gasteiger partial charge in [0, 0.05) is 18.9 Å². The number of hydrogen-bond donors (Lipinski definition) is 2. The van der Waals surface area contributed by atoms with Crippen LogP contribution in [0.5, 0.6) is 0 Å². The number of nitrogens with one attached hydrogen (secondary N) is 2. The Kier molecular flexibility index (Phi) is 4.02. The molecule has 1 heterocycles. The molecule has 4 nitrogen and oxygen atoms in total. The number of amides is 1. The van der Waals surface area contributed by atoms with Crippen molar-refractivity contribution in [2.75, 3.05) is 12.4 Å². The number of pyridine rings is 1. The molecule has 0 bridgehead atoms. The van der Waals surface area contributed by atoms with Crippen LogP contribution in [0.3, 0.4) is 0 Å². The van der Waals surface area contributed by atoms with Crippen LogP contribution in [-0.2, 0) is 0 Å². The fourth-order valence-corrected chi connectivity index (χ4v) is 1.87. The molecule has 98 valence electrons. The number of carbonyl (C=O) groups is 1. The van der Waals surface area contributed by atoms with Gasteiger partial charge in [0.15, 0.2) is 0 Å². The second-order valence-electron chi connectivity index (χ2n) is 4.07. The van der Waals surface area contributed by atoms with Crippen LogP contribution in [-0.4, -0.2) is 17.9 Å². The molecule has 2 aromatic rings. The van der Waals surface area contributed by atoms with Crippen molar-refractivity contribution < 1.29 is 4.79 Å². The van der Waals surface area contributed by atoms with Gasteiger partial charge >= 0.3 is 0 Å². The third-order valence-electron chi connectivity index (χ3n) is 2.76. The van der Waals surface area contributed by atoms with E-state index in [0.29, 0.717) is 16.4 Å². The second-order valence-corrected chi connectivity index (χ2v) is 4.46. The van der Waals surface area contributed by atoms with Gasteiger partial charge in [-0.15, -0.1) is 0 Å². The summed E-state index contributed by atoms with van der Waals surface area (Å²) in [5, 5.41) is 6.13. The maximum Gasteiger partial charge on any atom is 0.254 e.